The van der Waals surface area contributed by atoms with Crippen LogP contribution in [0, 0.1) is 28.6 Å². The van der Waals surface area contributed by atoms with Gasteiger partial charge < -0.3 is 64.5 Å². The maximum atomic E-state index is 12.6. The molecule has 13 nitrogen and oxygen atoms in total. The molecule has 49 heavy (non-hydrogen) atoms. The second-order valence-electron chi connectivity index (χ2n) is 16.0. The lowest BCUT2D eigenvalue weighted by molar-refractivity contribution is -0.372. The van der Waals surface area contributed by atoms with Crippen LogP contribution in [0.1, 0.15) is 65.2 Å². The van der Waals surface area contributed by atoms with Gasteiger partial charge in [0, 0.05) is 5.41 Å². The summed E-state index contributed by atoms with van der Waals surface area (Å²) in [6, 6.07) is 0. The highest BCUT2D eigenvalue weighted by Gasteiger charge is 2.67. The Morgan fingerprint density at radius 1 is 0.816 bits per heavy atom. The number of aliphatic hydroxyl groups excluding tert-OH is 7. The smallest absolute Gasteiger partial charge is 0.187 e. The van der Waals surface area contributed by atoms with Gasteiger partial charge in [-0.15, -0.1) is 0 Å². The van der Waals surface area contributed by atoms with Gasteiger partial charge in [-0.05, 0) is 86.2 Å². The molecule has 7 rings (SSSR count). The van der Waals surface area contributed by atoms with Crippen LogP contribution in [0.15, 0.2) is 35.6 Å². The van der Waals surface area contributed by atoms with Crippen LogP contribution in [0.3, 0.4) is 0 Å². The van der Waals surface area contributed by atoms with Gasteiger partial charge >= 0.3 is 0 Å². The lowest BCUT2D eigenvalue weighted by Crippen LogP contribution is -2.65. The molecule has 0 amide bonds. The van der Waals surface area contributed by atoms with E-state index < -0.39 is 80.2 Å². The SMILES string of the molecule is C=C1C=C([C@@H]2CC[C@]3(O)C4CC=C5C[C@@H](O[C@@H]6O[C@H](CO)[C@@H](O)[C@H](O)[C@H]6OC6O[C@H](CO)[C@@H](O)[C@H](O)[C@H]6O)CC[C@]5(C)C4CC[C@]23C)CO1. The Labute approximate surface area is 286 Å². The van der Waals surface area contributed by atoms with Crippen molar-refractivity contribution in [2.24, 2.45) is 28.6 Å². The molecule has 3 saturated carbocycles. The monoisotopic (exact) mass is 694 g/mol. The number of allylic oxidation sites excluding steroid dienone is 2. The van der Waals surface area contributed by atoms with Crippen molar-refractivity contribution in [3.05, 3.63) is 35.6 Å². The molecule has 276 valence electrons. The first-order valence-electron chi connectivity index (χ1n) is 17.9. The van der Waals surface area contributed by atoms with E-state index in [-0.39, 0.29) is 28.8 Å². The van der Waals surface area contributed by atoms with Gasteiger partial charge in [0.05, 0.1) is 24.9 Å². The standard InChI is InChI=1S/C36H54O13/c1-17-12-18(16-45-17)21-8-11-36(44)23-5-4-19-13-20(6-9-34(19,2)22(23)7-10-35(21,36)3)46-33-31(29(42)27(40)25(15-38)48-33)49-32-30(43)28(41)26(39)24(14-37)47-32/h4,12,20-33,37-44H,1,5-11,13-16H2,2-3H3/t20-,21-,22?,23?,24+,25+,26+,27+,28-,29-,30+,31+,32?,33+,34-,35+,36-/m0/s1. The Morgan fingerprint density at radius 2 is 1.51 bits per heavy atom. The van der Waals surface area contributed by atoms with Gasteiger partial charge in [0.2, 0.25) is 0 Å². The van der Waals surface area contributed by atoms with E-state index in [0.29, 0.717) is 31.1 Å². The number of hydrogen-bond acceptors (Lipinski definition) is 13. The molecule has 17 atom stereocenters. The van der Waals surface area contributed by atoms with Crippen molar-refractivity contribution in [1.29, 1.82) is 0 Å². The normalized spacial score (nSPS) is 52.8. The van der Waals surface area contributed by atoms with Crippen LogP contribution >= 0.6 is 0 Å². The number of ether oxygens (including phenoxy) is 5. The first-order valence-corrected chi connectivity index (χ1v) is 17.9. The van der Waals surface area contributed by atoms with Crippen LogP contribution in [-0.4, -0.2) is 134 Å². The minimum absolute atomic E-state index is 0.133. The summed E-state index contributed by atoms with van der Waals surface area (Å²) in [5.74, 6) is 1.40. The Hall–Kier alpha value is -1.46. The van der Waals surface area contributed by atoms with Gasteiger partial charge in [-0.2, -0.15) is 0 Å². The minimum atomic E-state index is -1.74. The third-order valence-corrected chi connectivity index (χ3v) is 13.8. The second kappa shape index (κ2) is 13.2. The van der Waals surface area contributed by atoms with E-state index in [1.165, 1.54) is 11.1 Å². The number of hydrogen-bond donors (Lipinski definition) is 8. The molecule has 3 heterocycles. The van der Waals surface area contributed by atoms with Crippen molar-refractivity contribution < 1.29 is 64.5 Å². The van der Waals surface area contributed by atoms with E-state index >= 15 is 0 Å². The molecule has 7 aliphatic rings. The van der Waals surface area contributed by atoms with E-state index in [9.17, 15) is 40.9 Å². The Bertz CT molecular complexity index is 1320. The quantitative estimate of drug-likeness (QED) is 0.167. The van der Waals surface area contributed by atoms with Crippen molar-refractivity contribution in [3.63, 3.8) is 0 Å². The summed E-state index contributed by atoms with van der Waals surface area (Å²) in [4.78, 5) is 0. The van der Waals surface area contributed by atoms with E-state index in [0.717, 1.165) is 38.5 Å². The van der Waals surface area contributed by atoms with Crippen LogP contribution < -0.4 is 0 Å². The molecule has 0 aromatic rings. The van der Waals surface area contributed by atoms with Crippen molar-refractivity contribution in [2.45, 2.75) is 138 Å². The second-order valence-corrected chi connectivity index (χ2v) is 16.0. The number of rotatable bonds is 7. The minimum Gasteiger partial charge on any atom is -0.490 e. The molecule has 3 aliphatic heterocycles. The highest BCUT2D eigenvalue weighted by atomic mass is 16.8. The highest BCUT2D eigenvalue weighted by Crippen LogP contribution is 2.69. The Morgan fingerprint density at radius 3 is 2.18 bits per heavy atom. The van der Waals surface area contributed by atoms with Gasteiger partial charge in [-0.1, -0.05) is 32.1 Å². The zero-order valence-electron chi connectivity index (χ0n) is 28.3. The molecule has 2 saturated heterocycles. The molecular formula is C36H54O13. The summed E-state index contributed by atoms with van der Waals surface area (Å²) in [6.07, 6.45) is -4.48. The van der Waals surface area contributed by atoms with Gasteiger partial charge in [0.15, 0.2) is 12.6 Å². The van der Waals surface area contributed by atoms with Crippen molar-refractivity contribution >= 4 is 0 Å². The molecule has 3 unspecified atom stereocenters. The summed E-state index contributed by atoms with van der Waals surface area (Å²) in [5, 5.41) is 84.9. The largest absolute Gasteiger partial charge is 0.490 e. The zero-order chi connectivity index (χ0) is 35.0. The first-order chi connectivity index (χ1) is 23.3. The average Bonchev–Trinajstić information content (AvgIpc) is 3.63. The molecular weight excluding hydrogens is 640 g/mol. The third-order valence-electron chi connectivity index (χ3n) is 13.8. The van der Waals surface area contributed by atoms with E-state index in [2.05, 4.69) is 32.6 Å². The fraction of sp³-hybridized carbons (Fsp3) is 0.833. The topological polar surface area (TPSA) is 208 Å². The lowest BCUT2D eigenvalue weighted by atomic mass is 9.45. The number of aliphatic hydroxyl groups is 8. The molecule has 5 fully saturated rings. The van der Waals surface area contributed by atoms with Crippen LogP contribution in [-0.2, 0) is 23.7 Å². The maximum absolute atomic E-state index is 12.6. The van der Waals surface area contributed by atoms with Crippen LogP contribution in [0.25, 0.3) is 0 Å². The predicted molar refractivity (Wildman–Crippen MR) is 171 cm³/mol. The van der Waals surface area contributed by atoms with Crippen molar-refractivity contribution in [1.82, 2.24) is 0 Å². The van der Waals surface area contributed by atoms with Gasteiger partial charge in [0.25, 0.3) is 0 Å². The molecule has 0 radical (unpaired) electrons. The Balaban J connectivity index is 1.07. The van der Waals surface area contributed by atoms with Gasteiger partial charge in [0.1, 0.15) is 61.2 Å². The zero-order valence-corrected chi connectivity index (χ0v) is 28.3. The van der Waals surface area contributed by atoms with Crippen LogP contribution in [0.2, 0.25) is 0 Å². The summed E-state index contributed by atoms with van der Waals surface area (Å²) >= 11 is 0. The fourth-order valence-electron chi connectivity index (χ4n) is 10.8. The first kappa shape index (κ1) is 35.9. The third kappa shape index (κ3) is 5.68. The molecule has 8 N–H and O–H groups in total. The lowest BCUT2D eigenvalue weighted by Gasteiger charge is -2.61. The van der Waals surface area contributed by atoms with Gasteiger partial charge in [-0.25, -0.2) is 0 Å². The summed E-state index contributed by atoms with van der Waals surface area (Å²) in [6.45, 7) is 7.85. The Kier molecular flexibility index (Phi) is 9.67. The molecule has 13 heteroatoms. The molecule has 0 bridgehead atoms. The summed E-state index contributed by atoms with van der Waals surface area (Å²) < 4.78 is 29.4. The van der Waals surface area contributed by atoms with Crippen molar-refractivity contribution in [3.8, 4) is 0 Å². The van der Waals surface area contributed by atoms with Gasteiger partial charge in [-0.3, -0.25) is 0 Å². The summed E-state index contributed by atoms with van der Waals surface area (Å²) in [7, 11) is 0. The molecule has 0 aromatic carbocycles. The average molecular weight is 695 g/mol. The fourth-order valence-corrected chi connectivity index (χ4v) is 10.8. The number of fused-ring (bicyclic) bond motifs is 5. The molecule has 0 aromatic heterocycles. The van der Waals surface area contributed by atoms with Crippen molar-refractivity contribution in [2.75, 3.05) is 19.8 Å². The van der Waals surface area contributed by atoms with E-state index in [1.807, 2.05) is 0 Å². The maximum Gasteiger partial charge on any atom is 0.187 e. The van der Waals surface area contributed by atoms with Crippen LogP contribution in [0.4, 0.5) is 0 Å². The molecule has 0 spiro atoms. The highest BCUT2D eigenvalue weighted by molar-refractivity contribution is 5.33. The summed E-state index contributed by atoms with van der Waals surface area (Å²) in [5.41, 5.74) is 1.35. The van der Waals surface area contributed by atoms with Crippen LogP contribution in [0.5, 0.6) is 0 Å². The van der Waals surface area contributed by atoms with E-state index in [1.54, 1.807) is 0 Å². The predicted octanol–water partition coefficient (Wildman–Crippen LogP) is 0.160. The van der Waals surface area contributed by atoms with E-state index in [4.69, 9.17) is 23.7 Å². The molecule has 4 aliphatic carbocycles.